The third-order valence-electron chi connectivity index (χ3n) is 3.06. The first-order chi connectivity index (χ1) is 8.74. The van der Waals surface area contributed by atoms with Crippen LogP contribution in [0.3, 0.4) is 0 Å². The summed E-state index contributed by atoms with van der Waals surface area (Å²) in [7, 11) is 0. The summed E-state index contributed by atoms with van der Waals surface area (Å²) < 4.78 is 5.28. The Morgan fingerprint density at radius 1 is 1.33 bits per heavy atom. The number of carbonyl (C=O) groups is 1. The van der Waals surface area contributed by atoms with E-state index in [1.807, 2.05) is 31.2 Å². The number of rotatable bonds is 4. The third-order valence-corrected chi connectivity index (χ3v) is 3.06. The van der Waals surface area contributed by atoms with Crippen molar-refractivity contribution in [3.63, 3.8) is 0 Å². The molecule has 0 saturated carbocycles. The third kappa shape index (κ3) is 4.00. The van der Waals surface area contributed by atoms with Crippen molar-refractivity contribution in [2.75, 3.05) is 13.1 Å². The van der Waals surface area contributed by atoms with Gasteiger partial charge < -0.3 is 10.1 Å². The van der Waals surface area contributed by atoms with Gasteiger partial charge in [-0.2, -0.15) is 0 Å². The van der Waals surface area contributed by atoms with Crippen LogP contribution in [0.4, 0.5) is 0 Å². The second kappa shape index (κ2) is 6.36. The van der Waals surface area contributed by atoms with Crippen LogP contribution in [0.2, 0.25) is 0 Å². The summed E-state index contributed by atoms with van der Waals surface area (Å²) in [5, 5.41) is 3.25. The van der Waals surface area contributed by atoms with E-state index in [4.69, 9.17) is 4.74 Å². The number of ether oxygens (including phenoxy) is 1. The lowest BCUT2D eigenvalue weighted by Gasteiger charge is -2.13. The molecular weight excluding hydrogens is 226 g/mol. The van der Waals surface area contributed by atoms with Gasteiger partial charge in [-0.3, -0.25) is 4.79 Å². The topological polar surface area (TPSA) is 38.3 Å². The minimum atomic E-state index is -0.154. The van der Waals surface area contributed by atoms with Gasteiger partial charge in [0.25, 0.3) is 0 Å². The fraction of sp³-hybridized carbons (Fsp3) is 0.400. The average Bonchev–Trinajstić information content (AvgIpc) is 2.40. The molecule has 96 valence electrons. The molecule has 0 saturated heterocycles. The highest BCUT2D eigenvalue weighted by atomic mass is 16.5. The smallest absolute Gasteiger partial charge is 0.311 e. The summed E-state index contributed by atoms with van der Waals surface area (Å²) in [4.78, 5) is 11.7. The summed E-state index contributed by atoms with van der Waals surface area (Å²) in [6.07, 6.45) is 4.48. The zero-order chi connectivity index (χ0) is 12.8. The molecular formula is C15H19NO2. The average molecular weight is 245 g/mol. The molecule has 1 N–H and O–H groups in total. The highest BCUT2D eigenvalue weighted by Crippen LogP contribution is 2.15. The van der Waals surface area contributed by atoms with Gasteiger partial charge >= 0.3 is 5.97 Å². The molecule has 3 nitrogen and oxygen atoms in total. The van der Waals surface area contributed by atoms with Gasteiger partial charge in [0, 0.05) is 13.0 Å². The number of esters is 1. The Kier molecular flexibility index (Phi) is 4.53. The standard InChI is InChI=1S/C15H19NO2/c1-12-2-5-14(6-3-12)18-15(17)7-4-13-8-10-16-11-9-13/h2-3,5-6,8,16H,4,7,9-11H2,1H3. The zero-order valence-electron chi connectivity index (χ0n) is 10.7. The first-order valence-electron chi connectivity index (χ1n) is 6.40. The van der Waals surface area contributed by atoms with Crippen LogP contribution in [0.5, 0.6) is 5.75 Å². The van der Waals surface area contributed by atoms with Gasteiger partial charge in [0.1, 0.15) is 5.75 Å². The number of hydrogen-bond acceptors (Lipinski definition) is 3. The summed E-state index contributed by atoms with van der Waals surface area (Å²) in [6.45, 7) is 3.94. The molecule has 3 heteroatoms. The highest BCUT2D eigenvalue weighted by molar-refractivity contribution is 5.72. The number of carbonyl (C=O) groups excluding carboxylic acids is 1. The highest BCUT2D eigenvalue weighted by Gasteiger charge is 2.08. The van der Waals surface area contributed by atoms with Gasteiger partial charge in [0.2, 0.25) is 0 Å². The second-order valence-electron chi connectivity index (χ2n) is 4.60. The van der Waals surface area contributed by atoms with Crippen LogP contribution in [0.15, 0.2) is 35.9 Å². The van der Waals surface area contributed by atoms with E-state index in [9.17, 15) is 4.79 Å². The molecule has 18 heavy (non-hydrogen) atoms. The van der Waals surface area contributed by atoms with Crippen molar-refractivity contribution in [1.29, 1.82) is 0 Å². The number of nitrogens with one attached hydrogen (secondary N) is 1. The molecule has 1 aromatic rings. The van der Waals surface area contributed by atoms with Gasteiger partial charge in [0.05, 0.1) is 0 Å². The Morgan fingerprint density at radius 3 is 2.78 bits per heavy atom. The van der Waals surface area contributed by atoms with Gasteiger partial charge in [-0.25, -0.2) is 0 Å². The molecule has 0 amide bonds. The maximum Gasteiger partial charge on any atom is 0.311 e. The first kappa shape index (κ1) is 12.8. The van der Waals surface area contributed by atoms with Crippen LogP contribution in [0, 0.1) is 6.92 Å². The number of hydrogen-bond donors (Lipinski definition) is 1. The van der Waals surface area contributed by atoms with Crippen molar-refractivity contribution in [2.24, 2.45) is 0 Å². The lowest BCUT2D eigenvalue weighted by atomic mass is 10.0. The molecule has 0 aliphatic carbocycles. The Bertz CT molecular complexity index is 434. The lowest BCUT2D eigenvalue weighted by Crippen LogP contribution is -2.21. The van der Waals surface area contributed by atoms with Crippen LogP contribution >= 0.6 is 0 Å². The first-order valence-corrected chi connectivity index (χ1v) is 6.40. The van der Waals surface area contributed by atoms with Gasteiger partial charge in [0.15, 0.2) is 0 Å². The summed E-state index contributed by atoms with van der Waals surface area (Å²) in [5.74, 6) is 0.475. The molecule has 0 unspecified atom stereocenters. The quantitative estimate of drug-likeness (QED) is 0.503. The van der Waals surface area contributed by atoms with Crippen LogP contribution < -0.4 is 10.1 Å². The van der Waals surface area contributed by atoms with Crippen LogP contribution in [0.25, 0.3) is 0 Å². The van der Waals surface area contributed by atoms with Gasteiger partial charge in [-0.05, 0) is 38.4 Å². The molecule has 0 atom stereocenters. The van der Waals surface area contributed by atoms with Gasteiger partial charge in [-0.1, -0.05) is 29.3 Å². The van der Waals surface area contributed by atoms with E-state index in [2.05, 4.69) is 11.4 Å². The van der Waals surface area contributed by atoms with Crippen molar-refractivity contribution < 1.29 is 9.53 Å². The van der Waals surface area contributed by atoms with Crippen LogP contribution in [-0.2, 0) is 4.79 Å². The fourth-order valence-electron chi connectivity index (χ4n) is 1.95. The van der Waals surface area contributed by atoms with E-state index >= 15 is 0 Å². The Morgan fingerprint density at radius 2 is 2.11 bits per heavy atom. The maximum atomic E-state index is 11.7. The Balaban J connectivity index is 1.78. The Hall–Kier alpha value is -1.61. The lowest BCUT2D eigenvalue weighted by molar-refractivity contribution is -0.134. The predicted octanol–water partition coefficient (Wildman–Crippen LogP) is 2.60. The van der Waals surface area contributed by atoms with E-state index in [0.29, 0.717) is 12.2 Å². The number of benzene rings is 1. The van der Waals surface area contributed by atoms with E-state index in [-0.39, 0.29) is 5.97 Å². The summed E-state index contributed by atoms with van der Waals surface area (Å²) >= 11 is 0. The van der Waals surface area contributed by atoms with Crippen molar-refractivity contribution in [2.45, 2.75) is 26.2 Å². The predicted molar refractivity (Wildman–Crippen MR) is 71.6 cm³/mol. The van der Waals surface area contributed by atoms with E-state index in [1.54, 1.807) is 0 Å². The number of aryl methyl sites for hydroxylation is 1. The van der Waals surface area contributed by atoms with Crippen molar-refractivity contribution in [3.8, 4) is 5.75 Å². The molecule has 2 rings (SSSR count). The van der Waals surface area contributed by atoms with Gasteiger partial charge in [-0.15, -0.1) is 0 Å². The SMILES string of the molecule is Cc1ccc(OC(=O)CCC2=CCNCC2)cc1. The summed E-state index contributed by atoms with van der Waals surface area (Å²) in [5.41, 5.74) is 2.52. The van der Waals surface area contributed by atoms with Crippen molar-refractivity contribution in [3.05, 3.63) is 41.5 Å². The zero-order valence-corrected chi connectivity index (χ0v) is 10.7. The minimum absolute atomic E-state index is 0.154. The molecule has 0 aromatic heterocycles. The van der Waals surface area contributed by atoms with Crippen molar-refractivity contribution in [1.82, 2.24) is 5.32 Å². The summed E-state index contributed by atoms with van der Waals surface area (Å²) in [6, 6.07) is 7.55. The molecule has 1 aromatic carbocycles. The minimum Gasteiger partial charge on any atom is -0.427 e. The van der Waals surface area contributed by atoms with E-state index in [1.165, 1.54) is 5.57 Å². The maximum absolute atomic E-state index is 11.7. The molecule has 1 aliphatic heterocycles. The van der Waals surface area contributed by atoms with Crippen molar-refractivity contribution >= 4 is 5.97 Å². The second-order valence-corrected chi connectivity index (χ2v) is 4.60. The van der Waals surface area contributed by atoms with E-state index in [0.717, 1.165) is 31.5 Å². The molecule has 0 bridgehead atoms. The molecule has 0 fully saturated rings. The fourth-order valence-corrected chi connectivity index (χ4v) is 1.95. The monoisotopic (exact) mass is 245 g/mol. The molecule has 1 aliphatic rings. The van der Waals surface area contributed by atoms with Crippen LogP contribution in [0.1, 0.15) is 24.8 Å². The van der Waals surface area contributed by atoms with E-state index < -0.39 is 0 Å². The molecule has 1 heterocycles. The normalized spacial score (nSPS) is 15.1. The molecule has 0 spiro atoms. The Labute approximate surface area is 108 Å². The largest absolute Gasteiger partial charge is 0.427 e. The molecule has 0 radical (unpaired) electrons. The van der Waals surface area contributed by atoms with Crippen LogP contribution in [-0.4, -0.2) is 19.1 Å².